The van der Waals surface area contributed by atoms with Crippen molar-refractivity contribution in [3.63, 3.8) is 0 Å². The summed E-state index contributed by atoms with van der Waals surface area (Å²) in [5, 5.41) is 25.4. The molecule has 0 radical (unpaired) electrons. The Kier molecular flexibility index (Phi) is 12.8. The van der Waals surface area contributed by atoms with Gasteiger partial charge in [-0.3, -0.25) is 19.2 Å². The van der Waals surface area contributed by atoms with Crippen molar-refractivity contribution < 1.29 is 34.2 Å². The first-order chi connectivity index (χ1) is 16.5. The Morgan fingerprint density at radius 3 is 1.97 bits per heavy atom. The maximum Gasteiger partial charge on any atom is 0.326 e. The fourth-order valence-electron chi connectivity index (χ4n) is 3.10. The predicted molar refractivity (Wildman–Crippen MR) is 132 cm³/mol. The highest BCUT2D eigenvalue weighted by Gasteiger charge is 2.30. The van der Waals surface area contributed by atoms with E-state index in [0.717, 1.165) is 5.56 Å². The van der Waals surface area contributed by atoms with E-state index < -0.39 is 60.2 Å². The lowest BCUT2D eigenvalue weighted by molar-refractivity contribution is -0.143. The van der Waals surface area contributed by atoms with Crippen LogP contribution in [0.2, 0.25) is 0 Å². The van der Waals surface area contributed by atoms with E-state index in [9.17, 15) is 29.1 Å². The lowest BCUT2D eigenvalue weighted by Crippen LogP contribution is -2.58. The third-order valence-electron chi connectivity index (χ3n) is 5.55. The Balaban J connectivity index is 2.98. The number of hydrogen-bond acceptors (Lipinski definition) is 7. The summed E-state index contributed by atoms with van der Waals surface area (Å²) in [6.07, 6.45) is 0.00215. The summed E-state index contributed by atoms with van der Waals surface area (Å²) in [7, 11) is 0. The molecule has 11 nitrogen and oxygen atoms in total. The number of nitrogens with one attached hydrogen (secondary N) is 3. The van der Waals surface area contributed by atoms with Crippen molar-refractivity contribution in [3.8, 4) is 0 Å². The summed E-state index contributed by atoms with van der Waals surface area (Å²) in [5.74, 6) is -4.93. The smallest absolute Gasteiger partial charge is 0.326 e. The molecule has 3 amide bonds. The van der Waals surface area contributed by atoms with Crippen molar-refractivity contribution in [1.29, 1.82) is 0 Å². The minimum atomic E-state index is -1.45. The van der Waals surface area contributed by atoms with Crippen molar-refractivity contribution in [1.82, 2.24) is 16.0 Å². The van der Waals surface area contributed by atoms with E-state index in [0.29, 0.717) is 6.42 Å². The van der Waals surface area contributed by atoms with Crippen LogP contribution in [0.4, 0.5) is 0 Å². The predicted octanol–water partition coefficient (Wildman–Crippen LogP) is -0.0639. The van der Waals surface area contributed by atoms with Crippen LogP contribution in [0.25, 0.3) is 0 Å². The first-order valence-corrected chi connectivity index (χ1v) is 11.9. The standard InChI is InChI=1S/C23H34N4O7S/c1-3-13(2)19(24)22(32)26-16(11-14-7-5-4-6-8-14)20(30)27-17(12-35)21(31)25-15(23(33)34)9-10-18(28)29/h4-8,13,15-17,19,35H,3,9-12,24H2,1-2H3,(H,25,31)(H,26,32)(H,27,30)(H,28,29)(H,33,34). The molecule has 1 rings (SSSR count). The number of carbonyl (C=O) groups excluding carboxylic acids is 3. The molecule has 0 bridgehead atoms. The van der Waals surface area contributed by atoms with Crippen LogP contribution in [-0.2, 0) is 30.4 Å². The van der Waals surface area contributed by atoms with Crippen LogP contribution in [-0.4, -0.2) is 69.8 Å². The molecule has 12 heteroatoms. The number of aliphatic carboxylic acids is 2. The van der Waals surface area contributed by atoms with Crippen LogP contribution in [0, 0.1) is 5.92 Å². The van der Waals surface area contributed by atoms with Gasteiger partial charge in [0.15, 0.2) is 0 Å². The Morgan fingerprint density at radius 2 is 1.46 bits per heavy atom. The number of hydrogen-bond donors (Lipinski definition) is 7. The van der Waals surface area contributed by atoms with Crippen LogP contribution in [0.1, 0.15) is 38.7 Å². The van der Waals surface area contributed by atoms with E-state index in [2.05, 4.69) is 28.6 Å². The van der Waals surface area contributed by atoms with E-state index in [1.165, 1.54) is 0 Å². The molecule has 7 N–H and O–H groups in total. The third kappa shape index (κ3) is 10.4. The Morgan fingerprint density at radius 1 is 0.914 bits per heavy atom. The molecule has 35 heavy (non-hydrogen) atoms. The van der Waals surface area contributed by atoms with Gasteiger partial charge in [0.2, 0.25) is 17.7 Å². The fourth-order valence-corrected chi connectivity index (χ4v) is 3.36. The van der Waals surface area contributed by atoms with Crippen LogP contribution >= 0.6 is 12.6 Å². The van der Waals surface area contributed by atoms with Crippen molar-refractivity contribution in [2.45, 2.75) is 63.7 Å². The SMILES string of the molecule is CCC(C)C(N)C(=O)NC(Cc1ccccc1)C(=O)NC(CS)C(=O)NC(CCC(=O)O)C(=O)O. The number of nitrogens with two attached hydrogens (primary N) is 1. The van der Waals surface area contributed by atoms with E-state index in [4.69, 9.17) is 10.8 Å². The quantitative estimate of drug-likeness (QED) is 0.160. The van der Waals surface area contributed by atoms with Crippen molar-refractivity contribution >= 4 is 42.3 Å². The van der Waals surface area contributed by atoms with E-state index >= 15 is 0 Å². The van der Waals surface area contributed by atoms with Gasteiger partial charge in [0.25, 0.3) is 0 Å². The molecular weight excluding hydrogens is 476 g/mol. The van der Waals surface area contributed by atoms with Gasteiger partial charge in [-0.15, -0.1) is 0 Å². The minimum Gasteiger partial charge on any atom is -0.481 e. The number of amides is 3. The van der Waals surface area contributed by atoms with Gasteiger partial charge < -0.3 is 31.9 Å². The average Bonchev–Trinajstić information content (AvgIpc) is 2.83. The number of benzene rings is 1. The summed E-state index contributed by atoms with van der Waals surface area (Å²) in [5.41, 5.74) is 6.76. The number of carboxylic acid groups (broad SMARTS) is 2. The summed E-state index contributed by atoms with van der Waals surface area (Å²) in [6, 6.07) is 4.36. The lowest BCUT2D eigenvalue weighted by Gasteiger charge is -2.25. The molecule has 0 aliphatic carbocycles. The molecule has 0 heterocycles. The largest absolute Gasteiger partial charge is 0.481 e. The molecule has 0 aliphatic rings. The number of carbonyl (C=O) groups is 5. The van der Waals surface area contributed by atoms with E-state index in [-0.39, 0.29) is 24.5 Å². The van der Waals surface area contributed by atoms with Crippen LogP contribution in [0.15, 0.2) is 30.3 Å². The Labute approximate surface area is 209 Å². The minimum absolute atomic E-state index is 0.120. The number of thiol groups is 1. The average molecular weight is 511 g/mol. The molecule has 0 aliphatic heterocycles. The molecule has 0 saturated carbocycles. The van der Waals surface area contributed by atoms with Gasteiger partial charge in [0.05, 0.1) is 6.04 Å². The fraction of sp³-hybridized carbons (Fsp3) is 0.522. The summed E-state index contributed by atoms with van der Waals surface area (Å²) >= 11 is 4.07. The normalized spacial score (nSPS) is 15.1. The molecule has 1 aromatic rings. The molecule has 0 spiro atoms. The van der Waals surface area contributed by atoms with Crippen LogP contribution in [0.5, 0.6) is 0 Å². The highest BCUT2D eigenvalue weighted by atomic mass is 32.1. The van der Waals surface area contributed by atoms with Gasteiger partial charge in [-0.25, -0.2) is 4.79 Å². The second-order valence-corrected chi connectivity index (χ2v) is 8.60. The second-order valence-electron chi connectivity index (χ2n) is 8.24. The van der Waals surface area contributed by atoms with Gasteiger partial charge in [0, 0.05) is 18.6 Å². The topological polar surface area (TPSA) is 188 Å². The van der Waals surface area contributed by atoms with Gasteiger partial charge in [-0.2, -0.15) is 12.6 Å². The van der Waals surface area contributed by atoms with Gasteiger partial charge >= 0.3 is 11.9 Å². The first-order valence-electron chi connectivity index (χ1n) is 11.3. The van der Waals surface area contributed by atoms with Crippen LogP contribution < -0.4 is 21.7 Å². The third-order valence-corrected chi connectivity index (χ3v) is 5.92. The number of carboxylic acids is 2. The lowest BCUT2D eigenvalue weighted by atomic mass is 9.98. The molecule has 5 unspecified atom stereocenters. The monoisotopic (exact) mass is 510 g/mol. The molecule has 1 aromatic carbocycles. The first kappa shape index (κ1) is 29.9. The highest BCUT2D eigenvalue weighted by Crippen LogP contribution is 2.09. The number of rotatable bonds is 15. The molecule has 0 fully saturated rings. The maximum absolute atomic E-state index is 13.1. The van der Waals surface area contributed by atoms with Gasteiger partial charge in [0.1, 0.15) is 18.1 Å². The zero-order chi connectivity index (χ0) is 26.5. The zero-order valence-corrected chi connectivity index (χ0v) is 20.7. The second kappa shape index (κ2) is 15.0. The molecule has 0 saturated heterocycles. The summed E-state index contributed by atoms with van der Waals surface area (Å²) in [4.78, 5) is 60.5. The molecule has 0 aromatic heterocycles. The zero-order valence-electron chi connectivity index (χ0n) is 19.8. The van der Waals surface area contributed by atoms with Crippen molar-refractivity contribution in [2.24, 2.45) is 11.7 Å². The summed E-state index contributed by atoms with van der Waals surface area (Å²) in [6.45, 7) is 3.71. The maximum atomic E-state index is 13.1. The van der Waals surface area contributed by atoms with Crippen LogP contribution in [0.3, 0.4) is 0 Å². The van der Waals surface area contributed by atoms with Gasteiger partial charge in [-0.05, 0) is 17.9 Å². The van der Waals surface area contributed by atoms with Crippen molar-refractivity contribution in [2.75, 3.05) is 5.75 Å². The van der Waals surface area contributed by atoms with E-state index in [1.54, 1.807) is 30.3 Å². The van der Waals surface area contributed by atoms with Gasteiger partial charge in [-0.1, -0.05) is 50.6 Å². The van der Waals surface area contributed by atoms with E-state index in [1.807, 2.05) is 13.8 Å². The van der Waals surface area contributed by atoms with Crippen molar-refractivity contribution in [3.05, 3.63) is 35.9 Å². The Hall–Kier alpha value is -3.12. The summed E-state index contributed by atoms with van der Waals surface area (Å²) < 4.78 is 0. The highest BCUT2D eigenvalue weighted by molar-refractivity contribution is 7.80. The molecular formula is C23H34N4O7S. The molecule has 194 valence electrons. The Bertz CT molecular complexity index is 884. The molecule has 5 atom stereocenters.